The van der Waals surface area contributed by atoms with Gasteiger partial charge in [0.25, 0.3) is 5.91 Å². The van der Waals surface area contributed by atoms with Gasteiger partial charge in [-0.15, -0.1) is 11.3 Å². The number of halogens is 2. The third-order valence-corrected chi connectivity index (χ3v) is 5.30. The number of thiazole rings is 1. The topological polar surface area (TPSA) is 34.4 Å². The molecule has 0 bridgehead atoms. The van der Waals surface area contributed by atoms with Crippen LogP contribution in [0.25, 0.3) is 11.3 Å². The Kier molecular flexibility index (Phi) is 5.42. The van der Waals surface area contributed by atoms with E-state index in [0.717, 1.165) is 22.7 Å². The van der Waals surface area contributed by atoms with Gasteiger partial charge in [0.15, 0.2) is 4.80 Å². The molecule has 0 saturated heterocycles. The van der Waals surface area contributed by atoms with E-state index < -0.39 is 0 Å². The molecule has 0 saturated carbocycles. The minimum Gasteiger partial charge on any atom is -0.316 e. The van der Waals surface area contributed by atoms with Crippen LogP contribution in [0.2, 0.25) is 10.0 Å². The van der Waals surface area contributed by atoms with Gasteiger partial charge in [0.05, 0.1) is 5.69 Å². The van der Waals surface area contributed by atoms with Crippen LogP contribution in [0, 0.1) is 6.92 Å². The van der Waals surface area contributed by atoms with Crippen molar-refractivity contribution in [2.24, 2.45) is 4.99 Å². The smallest absolute Gasteiger partial charge is 0.279 e. The van der Waals surface area contributed by atoms with Gasteiger partial charge < -0.3 is 4.57 Å². The fraction of sp³-hybridized carbons (Fsp3) is 0.158. The van der Waals surface area contributed by atoms with E-state index in [9.17, 15) is 4.79 Å². The van der Waals surface area contributed by atoms with E-state index in [0.29, 0.717) is 20.4 Å². The van der Waals surface area contributed by atoms with Crippen molar-refractivity contribution in [3.63, 3.8) is 0 Å². The van der Waals surface area contributed by atoms with Crippen LogP contribution in [0.15, 0.2) is 53.5 Å². The number of benzene rings is 2. The Bertz CT molecular complexity index is 970. The molecule has 6 heteroatoms. The van der Waals surface area contributed by atoms with Crippen LogP contribution in [0.4, 0.5) is 0 Å². The maximum atomic E-state index is 12.5. The second-order valence-electron chi connectivity index (χ2n) is 5.46. The Balaban J connectivity index is 2.08. The number of amides is 1. The minimum atomic E-state index is -0.275. The van der Waals surface area contributed by atoms with E-state index >= 15 is 0 Å². The lowest BCUT2D eigenvalue weighted by molar-refractivity contribution is 0.0998. The number of hydrogen-bond donors (Lipinski definition) is 0. The van der Waals surface area contributed by atoms with Crippen LogP contribution in [0.5, 0.6) is 0 Å². The van der Waals surface area contributed by atoms with Crippen molar-refractivity contribution in [3.05, 3.63) is 73.8 Å². The first kappa shape index (κ1) is 17.9. The summed E-state index contributed by atoms with van der Waals surface area (Å²) in [6.07, 6.45) is 0. The van der Waals surface area contributed by atoms with Crippen molar-refractivity contribution in [1.82, 2.24) is 4.57 Å². The van der Waals surface area contributed by atoms with Gasteiger partial charge in [-0.3, -0.25) is 4.79 Å². The number of aromatic nitrogens is 1. The minimum absolute atomic E-state index is 0.275. The Labute approximate surface area is 160 Å². The maximum Gasteiger partial charge on any atom is 0.279 e. The summed E-state index contributed by atoms with van der Waals surface area (Å²) in [5.74, 6) is -0.275. The number of carbonyl (C=O) groups excluding carboxylic acids is 1. The highest BCUT2D eigenvalue weighted by molar-refractivity contribution is 7.09. The summed E-state index contributed by atoms with van der Waals surface area (Å²) in [6, 6.07) is 14.4. The Morgan fingerprint density at radius 2 is 1.60 bits per heavy atom. The van der Waals surface area contributed by atoms with Crippen LogP contribution < -0.4 is 4.80 Å². The SMILES string of the molecule is CCn1c(-c2ccc(Cl)cc2)c(C)sc1=NC(=O)c1ccc(Cl)cc1. The largest absolute Gasteiger partial charge is 0.316 e. The van der Waals surface area contributed by atoms with Gasteiger partial charge in [0, 0.05) is 27.0 Å². The summed E-state index contributed by atoms with van der Waals surface area (Å²) in [7, 11) is 0. The molecule has 0 unspecified atom stereocenters. The second kappa shape index (κ2) is 7.56. The second-order valence-corrected chi connectivity index (χ2v) is 7.52. The van der Waals surface area contributed by atoms with E-state index in [2.05, 4.69) is 9.56 Å². The van der Waals surface area contributed by atoms with Crippen molar-refractivity contribution in [2.75, 3.05) is 0 Å². The normalized spacial score (nSPS) is 11.8. The molecule has 1 heterocycles. The molecule has 3 nitrogen and oxygen atoms in total. The first-order valence-electron chi connectivity index (χ1n) is 7.80. The molecule has 0 aliphatic heterocycles. The van der Waals surface area contributed by atoms with Crippen LogP contribution in [0.1, 0.15) is 22.2 Å². The van der Waals surface area contributed by atoms with Crippen molar-refractivity contribution < 1.29 is 4.79 Å². The van der Waals surface area contributed by atoms with Gasteiger partial charge in [-0.1, -0.05) is 35.3 Å². The molecular weight excluding hydrogens is 375 g/mol. The van der Waals surface area contributed by atoms with E-state index in [-0.39, 0.29) is 5.91 Å². The van der Waals surface area contributed by atoms with E-state index in [1.807, 2.05) is 38.1 Å². The molecular formula is C19H16Cl2N2OS. The Morgan fingerprint density at radius 1 is 1.04 bits per heavy atom. The number of nitrogens with zero attached hydrogens (tertiary/aromatic N) is 2. The van der Waals surface area contributed by atoms with Crippen LogP contribution in [-0.4, -0.2) is 10.5 Å². The lowest BCUT2D eigenvalue weighted by Gasteiger charge is -2.07. The first-order chi connectivity index (χ1) is 12.0. The number of rotatable bonds is 3. The summed E-state index contributed by atoms with van der Waals surface area (Å²) in [5.41, 5.74) is 2.64. The molecule has 3 rings (SSSR count). The number of hydrogen-bond acceptors (Lipinski definition) is 2. The van der Waals surface area contributed by atoms with Crippen LogP contribution in [-0.2, 0) is 6.54 Å². The summed E-state index contributed by atoms with van der Waals surface area (Å²) in [4.78, 5) is 18.6. The molecule has 25 heavy (non-hydrogen) atoms. The standard InChI is InChI=1S/C19H16Cl2N2OS/c1-3-23-17(13-4-8-15(20)9-5-13)12(2)25-19(23)22-18(24)14-6-10-16(21)11-7-14/h4-11H,3H2,1-2H3. The van der Waals surface area contributed by atoms with Crippen LogP contribution >= 0.6 is 34.5 Å². The molecule has 0 spiro atoms. The van der Waals surface area contributed by atoms with Crippen molar-refractivity contribution in [2.45, 2.75) is 20.4 Å². The summed E-state index contributed by atoms with van der Waals surface area (Å²) in [5, 5.41) is 1.29. The zero-order valence-electron chi connectivity index (χ0n) is 13.8. The zero-order valence-corrected chi connectivity index (χ0v) is 16.1. The lowest BCUT2D eigenvalue weighted by Crippen LogP contribution is -2.17. The van der Waals surface area contributed by atoms with Crippen molar-refractivity contribution >= 4 is 40.4 Å². The van der Waals surface area contributed by atoms with Gasteiger partial charge in [0.1, 0.15) is 0 Å². The van der Waals surface area contributed by atoms with E-state index in [4.69, 9.17) is 23.2 Å². The molecule has 0 aliphatic rings. The molecule has 1 amide bonds. The molecule has 0 fully saturated rings. The number of aryl methyl sites for hydroxylation is 1. The third-order valence-electron chi connectivity index (χ3n) is 3.80. The van der Waals surface area contributed by atoms with Gasteiger partial charge in [-0.25, -0.2) is 0 Å². The molecule has 0 atom stereocenters. The quantitative estimate of drug-likeness (QED) is 0.573. The summed E-state index contributed by atoms with van der Waals surface area (Å²) < 4.78 is 2.05. The third kappa shape index (κ3) is 3.87. The maximum absolute atomic E-state index is 12.5. The van der Waals surface area contributed by atoms with Crippen LogP contribution in [0.3, 0.4) is 0 Å². The Morgan fingerprint density at radius 3 is 2.16 bits per heavy atom. The van der Waals surface area contributed by atoms with E-state index in [1.165, 1.54) is 11.3 Å². The monoisotopic (exact) mass is 390 g/mol. The van der Waals surface area contributed by atoms with E-state index in [1.54, 1.807) is 24.3 Å². The van der Waals surface area contributed by atoms with Crippen molar-refractivity contribution in [1.29, 1.82) is 0 Å². The van der Waals surface area contributed by atoms with Gasteiger partial charge >= 0.3 is 0 Å². The lowest BCUT2D eigenvalue weighted by atomic mass is 10.1. The average Bonchev–Trinajstić information content (AvgIpc) is 2.91. The highest BCUT2D eigenvalue weighted by Gasteiger charge is 2.13. The first-order valence-corrected chi connectivity index (χ1v) is 9.37. The number of carbonyl (C=O) groups is 1. The highest BCUT2D eigenvalue weighted by Crippen LogP contribution is 2.26. The van der Waals surface area contributed by atoms with Gasteiger partial charge in [0.2, 0.25) is 0 Å². The Hall–Kier alpha value is -1.88. The van der Waals surface area contributed by atoms with Gasteiger partial charge in [-0.2, -0.15) is 4.99 Å². The van der Waals surface area contributed by atoms with Gasteiger partial charge in [-0.05, 0) is 55.8 Å². The summed E-state index contributed by atoms with van der Waals surface area (Å²) in [6.45, 7) is 4.79. The molecule has 128 valence electrons. The predicted octanol–water partition coefficient (Wildman–Crippen LogP) is 5.59. The van der Waals surface area contributed by atoms with Crippen molar-refractivity contribution in [3.8, 4) is 11.3 Å². The molecule has 0 N–H and O–H groups in total. The molecule has 0 aliphatic carbocycles. The summed E-state index contributed by atoms with van der Waals surface area (Å²) >= 11 is 13.4. The average molecular weight is 391 g/mol. The fourth-order valence-corrected chi connectivity index (χ4v) is 3.92. The molecule has 1 aromatic heterocycles. The molecule has 0 radical (unpaired) electrons. The molecule has 2 aromatic carbocycles. The predicted molar refractivity (Wildman–Crippen MR) is 105 cm³/mol. The fourth-order valence-electron chi connectivity index (χ4n) is 2.61. The highest BCUT2D eigenvalue weighted by atomic mass is 35.5. The molecule has 3 aromatic rings. The zero-order chi connectivity index (χ0) is 18.0.